The second kappa shape index (κ2) is 3.34. The van der Waals surface area contributed by atoms with Crippen molar-refractivity contribution in [2.45, 2.75) is 6.04 Å². The third-order valence-corrected chi connectivity index (χ3v) is 2.28. The number of esters is 1. The van der Waals surface area contributed by atoms with Gasteiger partial charge in [-0.05, 0) is 24.4 Å². The molecule has 1 N–H and O–H groups in total. The van der Waals surface area contributed by atoms with Crippen molar-refractivity contribution in [3.8, 4) is 0 Å². The number of rotatable bonds is 1. The first-order chi connectivity index (χ1) is 6.72. The van der Waals surface area contributed by atoms with Crippen LogP contribution in [0.2, 0.25) is 0 Å². The molecule has 0 amide bonds. The van der Waals surface area contributed by atoms with Gasteiger partial charge in [0.05, 0.1) is 18.4 Å². The zero-order valence-electron chi connectivity index (χ0n) is 7.48. The van der Waals surface area contributed by atoms with E-state index in [9.17, 15) is 4.79 Å². The molecule has 0 radical (unpaired) electrons. The van der Waals surface area contributed by atoms with Crippen LogP contribution in [-0.2, 0) is 9.53 Å². The number of hydrogen-bond acceptors (Lipinski definition) is 3. The van der Waals surface area contributed by atoms with Gasteiger partial charge in [-0.3, -0.25) is 0 Å². The Labute approximate surface area is 86.3 Å². The van der Waals surface area contributed by atoms with Crippen LogP contribution < -0.4 is 5.32 Å². The summed E-state index contributed by atoms with van der Waals surface area (Å²) in [6.07, 6.45) is 5.29. The van der Waals surface area contributed by atoms with E-state index < -0.39 is 0 Å². The molecular formula is C9H8N2O2S. The number of methoxy groups -OCH3 is 1. The molecule has 1 unspecified atom stereocenters. The second-order valence-corrected chi connectivity index (χ2v) is 3.28. The van der Waals surface area contributed by atoms with Gasteiger partial charge in [0.1, 0.15) is 6.04 Å². The van der Waals surface area contributed by atoms with Crippen molar-refractivity contribution in [1.29, 1.82) is 0 Å². The minimum atomic E-state index is -0.357. The van der Waals surface area contributed by atoms with Gasteiger partial charge in [-0.25, -0.2) is 9.79 Å². The molecule has 2 rings (SSSR count). The summed E-state index contributed by atoms with van der Waals surface area (Å²) in [5.41, 5.74) is 1.30. The molecule has 0 aromatic carbocycles. The molecular weight excluding hydrogens is 200 g/mol. The molecule has 2 aliphatic rings. The van der Waals surface area contributed by atoms with Crippen LogP contribution in [0.3, 0.4) is 0 Å². The summed E-state index contributed by atoms with van der Waals surface area (Å²) in [6.45, 7) is 0. The van der Waals surface area contributed by atoms with E-state index in [-0.39, 0.29) is 12.0 Å². The van der Waals surface area contributed by atoms with Crippen molar-refractivity contribution < 1.29 is 9.53 Å². The van der Waals surface area contributed by atoms with Crippen LogP contribution >= 0.6 is 12.2 Å². The molecule has 4 nitrogen and oxygen atoms in total. The maximum absolute atomic E-state index is 11.4. The van der Waals surface area contributed by atoms with Gasteiger partial charge < -0.3 is 10.1 Å². The maximum Gasteiger partial charge on any atom is 0.336 e. The Bertz CT molecular complexity index is 396. The van der Waals surface area contributed by atoms with Crippen LogP contribution in [0.15, 0.2) is 28.8 Å². The maximum atomic E-state index is 11.4. The number of aliphatic imine (C=N–C) groups is 1. The third-order valence-electron chi connectivity index (χ3n) is 2.07. The number of carbonyl (C=O) groups is 1. The van der Waals surface area contributed by atoms with Crippen molar-refractivity contribution in [2.75, 3.05) is 7.11 Å². The van der Waals surface area contributed by atoms with E-state index in [2.05, 4.69) is 15.0 Å². The molecule has 0 fully saturated rings. The molecule has 72 valence electrons. The summed E-state index contributed by atoms with van der Waals surface area (Å²) in [7, 11) is 1.35. The number of nitrogens with zero attached hydrogens (tertiary/aromatic N) is 1. The normalized spacial score (nSPS) is 23.5. The number of nitrogens with one attached hydrogen (secondary N) is 1. The molecule has 5 heteroatoms. The topological polar surface area (TPSA) is 50.7 Å². The molecule has 0 saturated heterocycles. The minimum absolute atomic E-state index is 0.236. The first-order valence-corrected chi connectivity index (χ1v) is 4.49. The lowest BCUT2D eigenvalue weighted by Gasteiger charge is -2.16. The fourth-order valence-corrected chi connectivity index (χ4v) is 1.66. The van der Waals surface area contributed by atoms with Crippen LogP contribution in [0.25, 0.3) is 0 Å². The lowest BCUT2D eigenvalue weighted by molar-refractivity contribution is -0.136. The lowest BCUT2D eigenvalue weighted by Crippen LogP contribution is -2.37. The molecule has 1 heterocycles. The average molecular weight is 208 g/mol. The Balaban J connectivity index is 2.33. The Morgan fingerprint density at radius 2 is 2.50 bits per heavy atom. The summed E-state index contributed by atoms with van der Waals surface area (Å²) < 4.78 is 4.65. The predicted molar refractivity (Wildman–Crippen MR) is 56.2 cm³/mol. The number of fused-ring (bicyclic) bond motifs is 1. The van der Waals surface area contributed by atoms with Crippen molar-refractivity contribution in [1.82, 2.24) is 5.32 Å². The number of carbonyl (C=O) groups excluding carboxylic acids is 1. The highest BCUT2D eigenvalue weighted by Gasteiger charge is 2.31. The lowest BCUT2D eigenvalue weighted by atomic mass is 9.98. The van der Waals surface area contributed by atoms with Crippen molar-refractivity contribution in [3.63, 3.8) is 0 Å². The SMILES string of the molecule is COC(=O)C1=CC=CC2=NC(=S)NC12. The highest BCUT2D eigenvalue weighted by Crippen LogP contribution is 2.17. The van der Waals surface area contributed by atoms with Gasteiger partial charge >= 0.3 is 5.97 Å². The van der Waals surface area contributed by atoms with Crippen LogP contribution in [-0.4, -0.2) is 29.9 Å². The van der Waals surface area contributed by atoms with E-state index in [1.54, 1.807) is 12.2 Å². The number of hydrogen-bond donors (Lipinski definition) is 1. The van der Waals surface area contributed by atoms with Gasteiger partial charge in [0.15, 0.2) is 5.11 Å². The van der Waals surface area contributed by atoms with E-state index in [0.717, 1.165) is 5.71 Å². The zero-order chi connectivity index (χ0) is 10.1. The molecule has 14 heavy (non-hydrogen) atoms. The standard InChI is InChI=1S/C9H8N2O2S/c1-13-8(12)5-3-2-4-6-7(5)11-9(14)10-6/h2-4,7H,1H3,(H,11,14). The summed E-state index contributed by atoms with van der Waals surface area (Å²) in [4.78, 5) is 15.4. The molecule has 0 bridgehead atoms. The highest BCUT2D eigenvalue weighted by atomic mass is 32.1. The smallest absolute Gasteiger partial charge is 0.336 e. The summed E-state index contributed by atoms with van der Waals surface area (Å²) in [5.74, 6) is -0.357. The predicted octanol–water partition coefficient (Wildman–Crippen LogP) is 0.353. The first-order valence-electron chi connectivity index (χ1n) is 4.08. The Morgan fingerprint density at radius 3 is 3.21 bits per heavy atom. The van der Waals surface area contributed by atoms with Crippen LogP contribution in [0.1, 0.15) is 0 Å². The monoisotopic (exact) mass is 208 g/mol. The van der Waals surface area contributed by atoms with E-state index in [1.165, 1.54) is 7.11 Å². The summed E-state index contributed by atoms with van der Waals surface area (Å²) >= 11 is 4.90. The molecule has 0 spiro atoms. The number of ether oxygens (including phenoxy) is 1. The fourth-order valence-electron chi connectivity index (χ4n) is 1.43. The fraction of sp³-hybridized carbons (Fsp3) is 0.222. The van der Waals surface area contributed by atoms with Gasteiger partial charge in [0.2, 0.25) is 0 Å². The van der Waals surface area contributed by atoms with Gasteiger partial charge in [-0.1, -0.05) is 6.08 Å². The first kappa shape index (κ1) is 9.08. The summed E-state index contributed by atoms with van der Waals surface area (Å²) in [6, 6.07) is -0.236. The van der Waals surface area contributed by atoms with Crippen molar-refractivity contribution in [2.24, 2.45) is 4.99 Å². The Hall–Kier alpha value is -1.49. The molecule has 0 saturated carbocycles. The Kier molecular flexibility index (Phi) is 2.17. The van der Waals surface area contributed by atoms with Gasteiger partial charge in [0, 0.05) is 0 Å². The molecule has 1 aliphatic heterocycles. The zero-order valence-corrected chi connectivity index (χ0v) is 8.30. The quantitative estimate of drug-likeness (QED) is 0.499. The third kappa shape index (κ3) is 1.35. The Morgan fingerprint density at radius 1 is 1.71 bits per heavy atom. The van der Waals surface area contributed by atoms with Crippen LogP contribution in [0.4, 0.5) is 0 Å². The van der Waals surface area contributed by atoms with E-state index in [0.29, 0.717) is 10.7 Å². The van der Waals surface area contributed by atoms with Gasteiger partial charge in [0.25, 0.3) is 0 Å². The average Bonchev–Trinajstić information content (AvgIpc) is 2.56. The van der Waals surface area contributed by atoms with Crippen molar-refractivity contribution >= 4 is 29.0 Å². The minimum Gasteiger partial charge on any atom is -0.466 e. The van der Waals surface area contributed by atoms with E-state index in [1.807, 2.05) is 6.08 Å². The van der Waals surface area contributed by atoms with E-state index in [4.69, 9.17) is 12.2 Å². The molecule has 0 aromatic rings. The van der Waals surface area contributed by atoms with Gasteiger partial charge in [-0.15, -0.1) is 0 Å². The molecule has 0 aromatic heterocycles. The van der Waals surface area contributed by atoms with Crippen LogP contribution in [0, 0.1) is 0 Å². The highest BCUT2D eigenvalue weighted by molar-refractivity contribution is 7.80. The number of allylic oxidation sites excluding steroid dienone is 2. The second-order valence-electron chi connectivity index (χ2n) is 2.89. The van der Waals surface area contributed by atoms with E-state index >= 15 is 0 Å². The molecule has 1 aliphatic carbocycles. The molecule has 1 atom stereocenters. The van der Waals surface area contributed by atoms with Crippen LogP contribution in [0.5, 0.6) is 0 Å². The van der Waals surface area contributed by atoms with Gasteiger partial charge in [-0.2, -0.15) is 0 Å². The summed E-state index contributed by atoms with van der Waals surface area (Å²) in [5, 5.41) is 3.34. The number of thiocarbonyl (C=S) groups is 1. The van der Waals surface area contributed by atoms with Crippen molar-refractivity contribution in [3.05, 3.63) is 23.8 Å². The largest absolute Gasteiger partial charge is 0.466 e.